The summed E-state index contributed by atoms with van der Waals surface area (Å²) >= 11 is 0. The lowest BCUT2D eigenvalue weighted by atomic mass is 10.0. The predicted molar refractivity (Wildman–Crippen MR) is 196 cm³/mol. The highest BCUT2D eigenvalue weighted by molar-refractivity contribution is 5.69. The predicted octanol–water partition coefficient (Wildman–Crippen LogP) is 11.5. The fourth-order valence-electron chi connectivity index (χ4n) is 6.21. The Hall–Kier alpha value is -1.40. The van der Waals surface area contributed by atoms with Crippen molar-refractivity contribution in [3.8, 4) is 0 Å². The molecule has 0 spiro atoms. The van der Waals surface area contributed by atoms with Gasteiger partial charge < -0.3 is 19.3 Å². The summed E-state index contributed by atoms with van der Waals surface area (Å²) in [5.41, 5.74) is 0. The summed E-state index contributed by atoms with van der Waals surface area (Å²) in [4.78, 5) is 24.0. The molecule has 0 bridgehead atoms. The number of hydrogen-bond acceptors (Lipinski definition) is 6. The average molecular weight is 665 g/mol. The third kappa shape index (κ3) is 30.4. The smallest absolute Gasteiger partial charge is 0.305 e. The summed E-state index contributed by atoms with van der Waals surface area (Å²) < 4.78 is 16.1. The van der Waals surface area contributed by atoms with E-state index < -0.39 is 6.10 Å². The lowest BCUT2D eigenvalue weighted by molar-refractivity contribution is -0.152. The minimum Gasteiger partial charge on any atom is -0.463 e. The van der Waals surface area contributed by atoms with Crippen molar-refractivity contribution in [1.29, 1.82) is 0 Å². The molecule has 0 saturated carbocycles. The van der Waals surface area contributed by atoms with Gasteiger partial charge in [0.25, 0.3) is 0 Å². The molecule has 1 N–H and O–H groups in total. The van der Waals surface area contributed by atoms with Gasteiger partial charge in [0.15, 0.2) is 0 Å². The largest absolute Gasteiger partial charge is 0.463 e. The molecular formula is C41H76O6. The van der Waals surface area contributed by atoms with Crippen LogP contribution in [0.2, 0.25) is 0 Å². The van der Waals surface area contributed by atoms with E-state index in [0.29, 0.717) is 25.0 Å². The van der Waals surface area contributed by atoms with Crippen molar-refractivity contribution in [3.63, 3.8) is 0 Å². The molecule has 0 aromatic heterocycles. The van der Waals surface area contributed by atoms with Crippen molar-refractivity contribution in [2.24, 2.45) is 0 Å². The van der Waals surface area contributed by atoms with Crippen molar-refractivity contribution in [1.82, 2.24) is 0 Å². The molecule has 0 aromatic rings. The van der Waals surface area contributed by atoms with Crippen LogP contribution in [0.1, 0.15) is 206 Å². The fourth-order valence-corrected chi connectivity index (χ4v) is 6.21. The SMILES string of the molecule is CCCCCCCCCCCCCCCCCCCC(=O)OC[C@H](O)COC(=O)CCCCCCC/C=C\CC1OC1CCCCC. The molecule has 6 nitrogen and oxygen atoms in total. The van der Waals surface area contributed by atoms with Gasteiger partial charge in [-0.15, -0.1) is 0 Å². The number of carbonyl (C=O) groups excluding carboxylic acids is 2. The maximum atomic E-state index is 12.0. The quantitative estimate of drug-likeness (QED) is 0.0310. The maximum Gasteiger partial charge on any atom is 0.305 e. The Morgan fingerprint density at radius 2 is 0.957 bits per heavy atom. The van der Waals surface area contributed by atoms with Gasteiger partial charge in [0, 0.05) is 12.8 Å². The van der Waals surface area contributed by atoms with Crippen LogP contribution >= 0.6 is 0 Å². The molecule has 1 aliphatic rings. The highest BCUT2D eigenvalue weighted by Gasteiger charge is 2.36. The summed E-state index contributed by atoms with van der Waals surface area (Å²) in [6, 6.07) is 0. The summed E-state index contributed by atoms with van der Waals surface area (Å²) in [5, 5.41) is 10.0. The fraction of sp³-hybridized carbons (Fsp3) is 0.902. The van der Waals surface area contributed by atoms with Gasteiger partial charge in [-0.2, -0.15) is 0 Å². The normalized spacial score (nSPS) is 16.5. The van der Waals surface area contributed by atoms with E-state index in [2.05, 4.69) is 26.0 Å². The first-order chi connectivity index (χ1) is 23.1. The Morgan fingerprint density at radius 3 is 1.43 bits per heavy atom. The van der Waals surface area contributed by atoms with E-state index >= 15 is 0 Å². The number of aliphatic hydroxyl groups excluding tert-OH is 1. The molecule has 47 heavy (non-hydrogen) atoms. The zero-order valence-corrected chi connectivity index (χ0v) is 31.0. The number of epoxide rings is 1. The molecule has 1 saturated heterocycles. The third-order valence-corrected chi connectivity index (χ3v) is 9.42. The monoisotopic (exact) mass is 665 g/mol. The van der Waals surface area contributed by atoms with Crippen LogP contribution < -0.4 is 0 Å². The first-order valence-corrected chi connectivity index (χ1v) is 20.4. The summed E-state index contributed by atoms with van der Waals surface area (Å²) in [7, 11) is 0. The van der Waals surface area contributed by atoms with Gasteiger partial charge in [0.05, 0.1) is 12.2 Å². The van der Waals surface area contributed by atoms with E-state index in [9.17, 15) is 14.7 Å². The van der Waals surface area contributed by atoms with Gasteiger partial charge in [0.2, 0.25) is 0 Å². The second-order valence-electron chi connectivity index (χ2n) is 14.1. The van der Waals surface area contributed by atoms with Gasteiger partial charge >= 0.3 is 11.9 Å². The van der Waals surface area contributed by atoms with Gasteiger partial charge in [-0.3, -0.25) is 9.59 Å². The number of esters is 2. The van der Waals surface area contributed by atoms with Crippen molar-refractivity contribution in [3.05, 3.63) is 12.2 Å². The number of rotatable bonds is 36. The lowest BCUT2D eigenvalue weighted by Crippen LogP contribution is -2.25. The second kappa shape index (κ2) is 33.1. The van der Waals surface area contributed by atoms with E-state index in [1.165, 1.54) is 128 Å². The zero-order valence-electron chi connectivity index (χ0n) is 31.0. The molecule has 276 valence electrons. The van der Waals surface area contributed by atoms with Crippen LogP contribution in [-0.2, 0) is 23.8 Å². The summed E-state index contributed by atoms with van der Waals surface area (Å²) in [6.07, 6.45) is 40.1. The molecule has 0 amide bonds. The highest BCUT2D eigenvalue weighted by atomic mass is 16.6. The number of carbonyl (C=O) groups is 2. The number of ether oxygens (including phenoxy) is 3. The minimum atomic E-state index is -0.968. The third-order valence-electron chi connectivity index (χ3n) is 9.42. The maximum absolute atomic E-state index is 12.0. The molecule has 2 unspecified atom stereocenters. The van der Waals surface area contributed by atoms with E-state index in [1.807, 2.05) is 0 Å². The van der Waals surface area contributed by atoms with Gasteiger partial charge in [-0.1, -0.05) is 167 Å². The molecule has 0 aliphatic carbocycles. The summed E-state index contributed by atoms with van der Waals surface area (Å²) in [6.45, 7) is 4.27. The molecule has 1 rings (SSSR count). The van der Waals surface area contributed by atoms with Crippen LogP contribution in [0.25, 0.3) is 0 Å². The minimum absolute atomic E-state index is 0.118. The molecule has 1 aliphatic heterocycles. The van der Waals surface area contributed by atoms with Gasteiger partial charge in [-0.25, -0.2) is 0 Å². The van der Waals surface area contributed by atoms with E-state index in [-0.39, 0.29) is 25.2 Å². The van der Waals surface area contributed by atoms with Gasteiger partial charge in [0.1, 0.15) is 19.3 Å². The van der Waals surface area contributed by atoms with Crippen LogP contribution in [0.4, 0.5) is 0 Å². The van der Waals surface area contributed by atoms with Crippen LogP contribution in [0, 0.1) is 0 Å². The van der Waals surface area contributed by atoms with Crippen molar-refractivity contribution in [2.45, 2.75) is 225 Å². The van der Waals surface area contributed by atoms with E-state index in [4.69, 9.17) is 14.2 Å². The molecule has 1 fully saturated rings. The zero-order chi connectivity index (χ0) is 34.0. The Bertz CT molecular complexity index is 737. The first-order valence-electron chi connectivity index (χ1n) is 20.4. The Balaban J connectivity index is 1.79. The molecule has 3 atom stereocenters. The standard InChI is InChI=1S/C41H76O6/c1-3-5-7-8-9-10-11-12-13-14-15-16-17-18-22-25-29-33-40(43)45-35-37(42)36-46-41(44)34-30-26-23-20-19-21-24-28-32-39-38(47-39)31-27-6-4-2/h24,28,37-39,42H,3-23,25-27,29-36H2,1-2H3/b28-24-/t37-,38?,39?/m0/s1. The Kier molecular flexibility index (Phi) is 30.7. The molecule has 0 radical (unpaired) electrons. The number of unbranched alkanes of at least 4 members (excludes halogenated alkanes) is 23. The molecule has 6 heteroatoms. The Morgan fingerprint density at radius 1 is 0.553 bits per heavy atom. The second-order valence-corrected chi connectivity index (χ2v) is 14.1. The van der Waals surface area contributed by atoms with Crippen LogP contribution in [0.5, 0.6) is 0 Å². The van der Waals surface area contributed by atoms with Crippen LogP contribution in [0.3, 0.4) is 0 Å². The number of hydrogen-bond donors (Lipinski definition) is 1. The number of allylic oxidation sites excluding steroid dienone is 1. The Labute approximate surface area is 290 Å². The average Bonchev–Trinajstić information content (AvgIpc) is 3.82. The molecular weight excluding hydrogens is 588 g/mol. The van der Waals surface area contributed by atoms with E-state index in [0.717, 1.165) is 51.4 Å². The number of aliphatic hydroxyl groups is 1. The molecule has 1 heterocycles. The molecule has 0 aromatic carbocycles. The highest BCUT2D eigenvalue weighted by Crippen LogP contribution is 2.30. The van der Waals surface area contributed by atoms with Crippen molar-refractivity contribution < 1.29 is 28.9 Å². The van der Waals surface area contributed by atoms with Crippen molar-refractivity contribution in [2.75, 3.05) is 13.2 Å². The van der Waals surface area contributed by atoms with Crippen LogP contribution in [0.15, 0.2) is 12.2 Å². The lowest BCUT2D eigenvalue weighted by Gasteiger charge is -2.12. The van der Waals surface area contributed by atoms with E-state index in [1.54, 1.807) is 0 Å². The van der Waals surface area contributed by atoms with Crippen molar-refractivity contribution >= 4 is 11.9 Å². The van der Waals surface area contributed by atoms with Crippen LogP contribution in [-0.4, -0.2) is 48.6 Å². The topological polar surface area (TPSA) is 85.4 Å². The summed E-state index contributed by atoms with van der Waals surface area (Å²) in [5.74, 6) is -0.577. The van der Waals surface area contributed by atoms with Gasteiger partial charge in [-0.05, 0) is 38.5 Å². The first kappa shape index (κ1) is 43.6.